The van der Waals surface area contributed by atoms with E-state index in [2.05, 4.69) is 266 Å². The maximum Gasteiger partial charge on any atom is 0.0540 e. The predicted molar refractivity (Wildman–Crippen MR) is 269 cm³/mol. The van der Waals surface area contributed by atoms with Crippen molar-refractivity contribution in [2.45, 2.75) is 0 Å². The van der Waals surface area contributed by atoms with E-state index in [0.29, 0.717) is 0 Å². The first-order chi connectivity index (χ1) is 31.3. The SMILES string of the molecule is c1ccc(-c2ccc(N(c3ccccc3-c3ccccc3-c3ccccc3-c3ccccc3)c3ccccc3-c3cc4ccccc4c4ccccc34)c(-c3ccccc3)c2)cc1. The Bertz CT molecular complexity index is 3390. The summed E-state index contributed by atoms with van der Waals surface area (Å²) in [4.78, 5) is 2.52. The second-order valence-electron chi connectivity index (χ2n) is 16.0. The van der Waals surface area contributed by atoms with Crippen LogP contribution in [0.1, 0.15) is 0 Å². The topological polar surface area (TPSA) is 3.24 Å². The third-order valence-corrected chi connectivity index (χ3v) is 12.3. The summed E-state index contributed by atoms with van der Waals surface area (Å²) in [5, 5.41) is 4.95. The van der Waals surface area contributed by atoms with Gasteiger partial charge in [0.15, 0.2) is 0 Å². The van der Waals surface area contributed by atoms with E-state index in [-0.39, 0.29) is 0 Å². The minimum Gasteiger partial charge on any atom is -0.309 e. The average molecular weight is 802 g/mol. The van der Waals surface area contributed by atoms with Crippen molar-refractivity contribution in [2.24, 2.45) is 0 Å². The molecule has 0 spiro atoms. The minimum absolute atomic E-state index is 1.09. The van der Waals surface area contributed by atoms with Crippen LogP contribution in [0, 0.1) is 0 Å². The molecule has 0 aliphatic heterocycles. The molecule has 0 atom stereocenters. The van der Waals surface area contributed by atoms with E-state index in [1.165, 1.54) is 60.5 Å². The number of fused-ring (bicyclic) bond motifs is 3. The van der Waals surface area contributed by atoms with E-state index >= 15 is 0 Å². The van der Waals surface area contributed by atoms with Gasteiger partial charge in [0.25, 0.3) is 0 Å². The molecule has 0 heterocycles. The van der Waals surface area contributed by atoms with Crippen LogP contribution in [0.4, 0.5) is 17.1 Å². The summed E-state index contributed by atoms with van der Waals surface area (Å²) in [6.45, 7) is 0. The molecule has 0 aliphatic carbocycles. The van der Waals surface area contributed by atoms with Gasteiger partial charge in [0.2, 0.25) is 0 Å². The lowest BCUT2D eigenvalue weighted by atomic mass is 9.88. The van der Waals surface area contributed by atoms with Crippen molar-refractivity contribution >= 4 is 38.6 Å². The van der Waals surface area contributed by atoms with Crippen molar-refractivity contribution < 1.29 is 0 Å². The monoisotopic (exact) mass is 801 g/mol. The van der Waals surface area contributed by atoms with Crippen molar-refractivity contribution in [3.8, 4) is 66.8 Å². The summed E-state index contributed by atoms with van der Waals surface area (Å²) in [5.74, 6) is 0. The number of hydrogen-bond acceptors (Lipinski definition) is 1. The van der Waals surface area contributed by atoms with Crippen molar-refractivity contribution in [3.05, 3.63) is 261 Å². The second kappa shape index (κ2) is 16.7. The summed E-state index contributed by atoms with van der Waals surface area (Å²) >= 11 is 0. The molecular formula is C62H43N. The lowest BCUT2D eigenvalue weighted by Gasteiger charge is -2.32. The molecule has 63 heavy (non-hydrogen) atoms. The van der Waals surface area contributed by atoms with Gasteiger partial charge in [-0.1, -0.05) is 231 Å². The average Bonchev–Trinajstić information content (AvgIpc) is 3.37. The predicted octanol–water partition coefficient (Wildman–Crippen LogP) is 17.5. The molecule has 0 aliphatic rings. The molecule has 0 bridgehead atoms. The number of rotatable bonds is 9. The van der Waals surface area contributed by atoms with E-state index in [1.807, 2.05) is 0 Å². The highest BCUT2D eigenvalue weighted by molar-refractivity contribution is 6.15. The summed E-state index contributed by atoms with van der Waals surface area (Å²) < 4.78 is 0. The van der Waals surface area contributed by atoms with Gasteiger partial charge in [0.1, 0.15) is 0 Å². The third kappa shape index (κ3) is 7.06. The van der Waals surface area contributed by atoms with Gasteiger partial charge in [-0.3, -0.25) is 0 Å². The van der Waals surface area contributed by atoms with E-state index in [4.69, 9.17) is 0 Å². The number of para-hydroxylation sites is 2. The summed E-state index contributed by atoms with van der Waals surface area (Å²) in [5.41, 5.74) is 17.4. The Hall–Kier alpha value is -8.26. The Labute approximate surface area is 369 Å². The molecule has 0 saturated carbocycles. The quantitative estimate of drug-likeness (QED) is 0.131. The molecule has 1 nitrogen and oxygen atoms in total. The first kappa shape index (κ1) is 37.7. The standard InChI is InChI=1S/C62H43N/c1-4-22-44(23-5-1)47-40-41-62(58(42-47)46-26-8-3-9-27-46)63(61-39-21-19-37-57(61)59-43-48-28-10-11-30-50(48)52-32-14-17-35-55(52)59)60-38-20-18-36-56(60)54-34-16-15-33-53(54)51-31-13-12-29-49(51)45-24-6-2-7-25-45/h1-43H. The minimum atomic E-state index is 1.09. The first-order valence-electron chi connectivity index (χ1n) is 21.7. The van der Waals surface area contributed by atoms with Gasteiger partial charge in [0, 0.05) is 16.7 Å². The molecule has 11 rings (SSSR count). The smallest absolute Gasteiger partial charge is 0.0540 e. The molecule has 0 amide bonds. The Morgan fingerprint density at radius 2 is 0.587 bits per heavy atom. The molecule has 1 heteroatoms. The van der Waals surface area contributed by atoms with Crippen molar-refractivity contribution in [1.29, 1.82) is 0 Å². The molecule has 0 saturated heterocycles. The van der Waals surface area contributed by atoms with Crippen LogP contribution in [0.3, 0.4) is 0 Å². The number of benzene rings is 11. The van der Waals surface area contributed by atoms with Crippen LogP contribution in [0.5, 0.6) is 0 Å². The van der Waals surface area contributed by atoms with Crippen molar-refractivity contribution in [3.63, 3.8) is 0 Å². The summed E-state index contributed by atoms with van der Waals surface area (Å²) in [6.07, 6.45) is 0. The molecule has 0 unspecified atom stereocenters. The maximum atomic E-state index is 2.52. The van der Waals surface area contributed by atoms with Gasteiger partial charge >= 0.3 is 0 Å². The van der Waals surface area contributed by atoms with Crippen LogP contribution in [0.25, 0.3) is 88.3 Å². The van der Waals surface area contributed by atoms with Gasteiger partial charge in [-0.05, 0) is 102 Å². The fourth-order valence-corrected chi connectivity index (χ4v) is 9.39. The molecular weight excluding hydrogens is 759 g/mol. The summed E-state index contributed by atoms with van der Waals surface area (Å²) in [6, 6.07) is 94.8. The lowest BCUT2D eigenvalue weighted by molar-refractivity contribution is 1.28. The van der Waals surface area contributed by atoms with Crippen LogP contribution in [-0.2, 0) is 0 Å². The van der Waals surface area contributed by atoms with Crippen molar-refractivity contribution in [2.75, 3.05) is 4.90 Å². The highest BCUT2D eigenvalue weighted by Crippen LogP contribution is 2.51. The Balaban J connectivity index is 1.21. The molecule has 0 fully saturated rings. The Morgan fingerprint density at radius 3 is 1.21 bits per heavy atom. The third-order valence-electron chi connectivity index (χ3n) is 12.3. The Morgan fingerprint density at radius 1 is 0.190 bits per heavy atom. The van der Waals surface area contributed by atoms with Crippen LogP contribution in [0.2, 0.25) is 0 Å². The van der Waals surface area contributed by atoms with Gasteiger partial charge in [-0.25, -0.2) is 0 Å². The zero-order valence-corrected chi connectivity index (χ0v) is 34.8. The fraction of sp³-hybridized carbons (Fsp3) is 0. The lowest BCUT2D eigenvalue weighted by Crippen LogP contribution is -2.14. The molecule has 0 N–H and O–H groups in total. The fourth-order valence-electron chi connectivity index (χ4n) is 9.39. The molecule has 11 aromatic rings. The zero-order valence-electron chi connectivity index (χ0n) is 34.8. The van der Waals surface area contributed by atoms with Gasteiger partial charge in [-0.15, -0.1) is 0 Å². The van der Waals surface area contributed by atoms with Crippen molar-refractivity contribution in [1.82, 2.24) is 0 Å². The second-order valence-corrected chi connectivity index (χ2v) is 16.0. The van der Waals surface area contributed by atoms with E-state index in [9.17, 15) is 0 Å². The van der Waals surface area contributed by atoms with Gasteiger partial charge < -0.3 is 4.90 Å². The largest absolute Gasteiger partial charge is 0.309 e. The summed E-state index contributed by atoms with van der Waals surface area (Å²) in [7, 11) is 0. The highest BCUT2D eigenvalue weighted by atomic mass is 15.1. The van der Waals surface area contributed by atoms with Crippen LogP contribution >= 0.6 is 0 Å². The first-order valence-corrected chi connectivity index (χ1v) is 21.7. The van der Waals surface area contributed by atoms with Crippen LogP contribution in [-0.4, -0.2) is 0 Å². The molecule has 0 radical (unpaired) electrons. The van der Waals surface area contributed by atoms with Crippen LogP contribution in [0.15, 0.2) is 261 Å². The van der Waals surface area contributed by atoms with Gasteiger partial charge in [0.05, 0.1) is 17.1 Å². The highest BCUT2D eigenvalue weighted by Gasteiger charge is 2.25. The Kier molecular flexibility index (Phi) is 9.97. The molecule has 11 aromatic carbocycles. The number of anilines is 3. The number of nitrogens with zero attached hydrogens (tertiary/aromatic N) is 1. The zero-order chi connectivity index (χ0) is 42.0. The van der Waals surface area contributed by atoms with E-state index < -0.39 is 0 Å². The van der Waals surface area contributed by atoms with Gasteiger partial charge in [-0.2, -0.15) is 0 Å². The molecule has 0 aromatic heterocycles. The molecule has 296 valence electrons. The number of hydrogen-bond donors (Lipinski definition) is 0. The van der Waals surface area contributed by atoms with E-state index in [0.717, 1.165) is 44.9 Å². The maximum absolute atomic E-state index is 2.52. The van der Waals surface area contributed by atoms with E-state index in [1.54, 1.807) is 0 Å². The van der Waals surface area contributed by atoms with Crippen LogP contribution < -0.4 is 4.90 Å². The normalized spacial score (nSPS) is 11.2.